The van der Waals surface area contributed by atoms with E-state index in [1.807, 2.05) is 0 Å². The van der Waals surface area contributed by atoms with Crippen LogP contribution in [-0.4, -0.2) is 91.3 Å². The van der Waals surface area contributed by atoms with Gasteiger partial charge in [-0.2, -0.15) is 25.1 Å². The summed E-state index contributed by atoms with van der Waals surface area (Å²) in [7, 11) is 0. The van der Waals surface area contributed by atoms with Gasteiger partial charge in [-0.15, -0.1) is 0 Å². The van der Waals surface area contributed by atoms with Crippen LogP contribution in [0.25, 0.3) is 0 Å². The molecule has 0 aromatic carbocycles. The SMILES string of the molecule is CCCCC(c1nc(NCCO)nc(N(CCCC)C2CC(C)(C)N(OC3CCCCC3)C(C)(C)C2)n1)C1CC(C)(C)N(OC2CCCCC2)CC1(C)C. The number of unbranched alkanes of at least 4 members (excludes halogenated alkanes) is 2. The molecule has 2 N–H and O–H groups in total. The van der Waals surface area contributed by atoms with Gasteiger partial charge in [-0.25, -0.2) is 0 Å². The highest BCUT2D eigenvalue weighted by molar-refractivity contribution is 5.40. The Balaban J connectivity index is 1.49. The molecule has 0 spiro atoms. The molecule has 4 aliphatic rings. The molecule has 0 bridgehead atoms. The predicted molar refractivity (Wildman–Crippen MR) is 222 cm³/mol. The maximum absolute atomic E-state index is 9.87. The molecular weight excluding hydrogens is 675 g/mol. The predicted octanol–water partition coefficient (Wildman–Crippen LogP) is 9.83. The molecule has 2 aliphatic carbocycles. The van der Waals surface area contributed by atoms with E-state index in [9.17, 15) is 5.11 Å². The molecule has 0 amide bonds. The summed E-state index contributed by atoms with van der Waals surface area (Å²) in [6.45, 7) is 25.9. The van der Waals surface area contributed by atoms with Crippen molar-refractivity contribution in [2.24, 2.45) is 11.3 Å². The Kier molecular flexibility index (Phi) is 15.1. The fraction of sp³-hybridized carbons (Fsp3) is 0.932. The normalized spacial score (nSPS) is 26.1. The highest BCUT2D eigenvalue weighted by atomic mass is 16.7. The molecule has 4 fully saturated rings. The molecule has 1 aromatic rings. The Hall–Kier alpha value is -1.59. The number of aromatic nitrogens is 3. The summed E-state index contributed by atoms with van der Waals surface area (Å²) in [4.78, 5) is 32.2. The summed E-state index contributed by atoms with van der Waals surface area (Å²) in [5, 5.41) is 18.0. The van der Waals surface area contributed by atoms with E-state index in [4.69, 9.17) is 24.6 Å². The van der Waals surface area contributed by atoms with Gasteiger partial charge in [0.15, 0.2) is 0 Å². The summed E-state index contributed by atoms with van der Waals surface area (Å²) in [6, 6.07) is 0.248. The van der Waals surface area contributed by atoms with Crippen LogP contribution in [0.15, 0.2) is 0 Å². The van der Waals surface area contributed by atoms with E-state index in [0.717, 1.165) is 89.1 Å². The fourth-order valence-corrected chi connectivity index (χ4v) is 10.5. The Morgan fingerprint density at radius 3 is 1.93 bits per heavy atom. The Labute approximate surface area is 330 Å². The van der Waals surface area contributed by atoms with Gasteiger partial charge in [0.2, 0.25) is 11.9 Å². The lowest BCUT2D eigenvalue weighted by Crippen LogP contribution is -2.65. The summed E-state index contributed by atoms with van der Waals surface area (Å²) in [5.41, 5.74) is -0.423. The lowest BCUT2D eigenvalue weighted by Gasteiger charge is -2.56. The molecule has 2 aliphatic heterocycles. The zero-order valence-corrected chi connectivity index (χ0v) is 36.4. The third kappa shape index (κ3) is 10.9. The Morgan fingerprint density at radius 2 is 1.35 bits per heavy atom. The number of hydrogen-bond donors (Lipinski definition) is 2. The van der Waals surface area contributed by atoms with Crippen molar-refractivity contribution in [3.8, 4) is 0 Å². The number of nitrogens with one attached hydrogen (secondary N) is 1. The van der Waals surface area contributed by atoms with Gasteiger partial charge in [-0.1, -0.05) is 85.5 Å². The third-order valence-electron chi connectivity index (χ3n) is 13.3. The van der Waals surface area contributed by atoms with Crippen molar-refractivity contribution in [1.82, 2.24) is 25.1 Å². The molecule has 10 nitrogen and oxygen atoms in total. The molecule has 1 aromatic heterocycles. The van der Waals surface area contributed by atoms with Crippen molar-refractivity contribution in [2.45, 2.75) is 226 Å². The van der Waals surface area contributed by atoms with E-state index in [1.165, 1.54) is 51.4 Å². The maximum atomic E-state index is 9.87. The first-order chi connectivity index (χ1) is 25.6. The molecule has 3 heterocycles. The first kappa shape index (κ1) is 43.5. The Bertz CT molecular complexity index is 1270. The molecule has 310 valence electrons. The first-order valence-electron chi connectivity index (χ1n) is 22.4. The number of hydroxylamine groups is 4. The minimum absolute atomic E-state index is 0.00478. The number of nitrogens with zero attached hydrogens (tertiary/aromatic N) is 6. The van der Waals surface area contributed by atoms with Gasteiger partial charge in [0, 0.05) is 48.2 Å². The van der Waals surface area contributed by atoms with Gasteiger partial charge < -0.3 is 15.3 Å². The highest BCUT2D eigenvalue weighted by Gasteiger charge is 2.51. The van der Waals surface area contributed by atoms with Gasteiger partial charge in [0.25, 0.3) is 0 Å². The quantitative estimate of drug-likeness (QED) is 0.160. The standard InChI is InChI=1S/C44H81N7O3/c1-11-13-25-36(37-31-42(5,6)50(32-41(37,3)4)53-34-21-17-15-18-22-34)38-46-39(45-26-28-52)48-40(47-38)49(27-14-12-2)33-29-43(7,8)51(44(9,10)30-33)54-35-23-19-16-20-24-35/h33-37,52H,11-32H2,1-10H3,(H,45,46,47,48). The van der Waals surface area contributed by atoms with Gasteiger partial charge in [-0.05, 0) is 111 Å². The van der Waals surface area contributed by atoms with Crippen molar-refractivity contribution in [1.29, 1.82) is 0 Å². The largest absolute Gasteiger partial charge is 0.395 e. The Morgan fingerprint density at radius 1 is 0.759 bits per heavy atom. The van der Waals surface area contributed by atoms with Crippen LogP contribution in [0.5, 0.6) is 0 Å². The maximum Gasteiger partial charge on any atom is 0.230 e. The average molecular weight is 756 g/mol. The average Bonchev–Trinajstić information content (AvgIpc) is 3.12. The topological polar surface area (TPSA) is 99.1 Å². The van der Waals surface area contributed by atoms with Crippen LogP contribution in [0.1, 0.15) is 197 Å². The molecule has 2 unspecified atom stereocenters. The molecule has 5 rings (SSSR count). The van der Waals surface area contributed by atoms with Crippen molar-refractivity contribution in [3.63, 3.8) is 0 Å². The molecule has 2 saturated heterocycles. The van der Waals surface area contributed by atoms with E-state index in [2.05, 4.69) is 89.6 Å². The summed E-state index contributed by atoms with van der Waals surface area (Å²) >= 11 is 0. The zero-order chi connectivity index (χ0) is 39.1. The lowest BCUT2D eigenvalue weighted by molar-refractivity contribution is -0.310. The van der Waals surface area contributed by atoms with Crippen LogP contribution >= 0.6 is 0 Å². The van der Waals surface area contributed by atoms with E-state index in [1.54, 1.807) is 0 Å². The summed E-state index contributed by atoms with van der Waals surface area (Å²) in [5.74, 6) is 2.82. The molecule has 2 atom stereocenters. The van der Waals surface area contributed by atoms with Crippen LogP contribution in [0.3, 0.4) is 0 Å². The van der Waals surface area contributed by atoms with E-state index < -0.39 is 0 Å². The fourth-order valence-electron chi connectivity index (χ4n) is 10.5. The summed E-state index contributed by atoms with van der Waals surface area (Å²) < 4.78 is 0. The van der Waals surface area contributed by atoms with E-state index in [0.29, 0.717) is 30.6 Å². The van der Waals surface area contributed by atoms with Gasteiger partial charge in [-0.3, -0.25) is 9.68 Å². The van der Waals surface area contributed by atoms with Gasteiger partial charge >= 0.3 is 0 Å². The van der Waals surface area contributed by atoms with Crippen LogP contribution in [0.4, 0.5) is 11.9 Å². The number of rotatable bonds is 17. The minimum atomic E-state index is -0.158. The van der Waals surface area contributed by atoms with Crippen molar-refractivity contribution in [3.05, 3.63) is 5.82 Å². The number of hydrogen-bond acceptors (Lipinski definition) is 10. The van der Waals surface area contributed by atoms with Gasteiger partial charge in [0.05, 0.1) is 18.8 Å². The number of anilines is 2. The number of aliphatic hydroxyl groups is 1. The molecular formula is C44H81N7O3. The van der Waals surface area contributed by atoms with Crippen molar-refractivity contribution < 1.29 is 14.8 Å². The smallest absolute Gasteiger partial charge is 0.230 e. The molecule has 0 radical (unpaired) electrons. The van der Waals surface area contributed by atoms with Crippen LogP contribution < -0.4 is 10.2 Å². The highest BCUT2D eigenvalue weighted by Crippen LogP contribution is 2.51. The van der Waals surface area contributed by atoms with Crippen molar-refractivity contribution in [2.75, 3.05) is 36.5 Å². The molecule has 10 heteroatoms. The van der Waals surface area contributed by atoms with E-state index >= 15 is 0 Å². The van der Waals surface area contributed by atoms with Gasteiger partial charge in [0.1, 0.15) is 5.82 Å². The monoisotopic (exact) mass is 756 g/mol. The van der Waals surface area contributed by atoms with Crippen LogP contribution in [-0.2, 0) is 9.68 Å². The minimum Gasteiger partial charge on any atom is -0.395 e. The van der Waals surface area contributed by atoms with E-state index in [-0.39, 0.29) is 40.6 Å². The second-order valence-electron chi connectivity index (χ2n) is 20.1. The summed E-state index contributed by atoms with van der Waals surface area (Å²) in [6.07, 6.45) is 21.5. The molecule has 54 heavy (non-hydrogen) atoms. The second kappa shape index (κ2) is 18.8. The number of piperidine rings is 2. The first-order valence-corrected chi connectivity index (χ1v) is 22.4. The third-order valence-corrected chi connectivity index (χ3v) is 13.3. The number of aliphatic hydroxyl groups excluding tert-OH is 1. The second-order valence-corrected chi connectivity index (χ2v) is 20.1. The lowest BCUT2D eigenvalue weighted by atomic mass is 9.62. The molecule has 2 saturated carbocycles. The van der Waals surface area contributed by atoms with Crippen LogP contribution in [0, 0.1) is 11.3 Å². The zero-order valence-electron chi connectivity index (χ0n) is 36.4. The van der Waals surface area contributed by atoms with Crippen molar-refractivity contribution >= 4 is 11.9 Å². The van der Waals surface area contributed by atoms with Crippen LogP contribution in [0.2, 0.25) is 0 Å².